The van der Waals surface area contributed by atoms with Gasteiger partial charge in [-0.2, -0.15) is 0 Å². The third kappa shape index (κ3) is 3.51. The molecule has 2 heteroatoms. The van der Waals surface area contributed by atoms with Crippen LogP contribution in [0.25, 0.3) is 0 Å². The van der Waals surface area contributed by atoms with Crippen molar-refractivity contribution in [3.63, 3.8) is 0 Å². The molecular formula is C18H20OS. The molecule has 0 bridgehead atoms. The molecule has 0 radical (unpaired) electrons. The Morgan fingerprint density at radius 2 is 1.70 bits per heavy atom. The summed E-state index contributed by atoms with van der Waals surface area (Å²) in [6.45, 7) is 4.35. The van der Waals surface area contributed by atoms with E-state index in [4.69, 9.17) is 0 Å². The van der Waals surface area contributed by atoms with Crippen LogP contribution < -0.4 is 0 Å². The van der Waals surface area contributed by atoms with Crippen molar-refractivity contribution in [2.24, 2.45) is 0 Å². The molecule has 0 unspecified atom stereocenters. The molecule has 0 aromatic heterocycles. The van der Waals surface area contributed by atoms with Gasteiger partial charge in [-0.05, 0) is 29.4 Å². The van der Waals surface area contributed by atoms with Gasteiger partial charge in [-0.3, -0.25) is 4.79 Å². The molecular weight excluding hydrogens is 264 g/mol. The Morgan fingerprint density at radius 1 is 1.05 bits per heavy atom. The molecule has 2 rings (SSSR count). The minimum atomic E-state index is 0.187. The summed E-state index contributed by atoms with van der Waals surface area (Å²) in [5.74, 6) is 0.712. The third-order valence-electron chi connectivity index (χ3n) is 3.42. The normalized spacial score (nSPS) is 10.8. The smallest absolute Gasteiger partial charge is 0.168 e. The number of hydrogen-bond donors (Lipinski definition) is 0. The van der Waals surface area contributed by atoms with Gasteiger partial charge in [-0.1, -0.05) is 56.3 Å². The van der Waals surface area contributed by atoms with Gasteiger partial charge in [0, 0.05) is 16.9 Å². The second-order valence-electron chi connectivity index (χ2n) is 5.20. The molecule has 0 saturated carbocycles. The average Bonchev–Trinajstić information content (AvgIpc) is 2.47. The highest BCUT2D eigenvalue weighted by Crippen LogP contribution is 2.22. The first-order valence-corrected chi connectivity index (χ1v) is 8.09. The highest BCUT2D eigenvalue weighted by atomic mass is 32.2. The van der Waals surface area contributed by atoms with E-state index in [2.05, 4.69) is 38.1 Å². The molecule has 1 nitrogen and oxygen atoms in total. The molecule has 0 atom stereocenters. The van der Waals surface area contributed by atoms with Gasteiger partial charge in [-0.15, -0.1) is 11.8 Å². The number of ketones is 1. The molecule has 0 N–H and O–H groups in total. The van der Waals surface area contributed by atoms with Gasteiger partial charge >= 0.3 is 0 Å². The molecule has 0 amide bonds. The molecule has 0 saturated heterocycles. The lowest BCUT2D eigenvalue weighted by Crippen LogP contribution is -2.05. The van der Waals surface area contributed by atoms with Crippen LogP contribution in [0.5, 0.6) is 0 Å². The quantitative estimate of drug-likeness (QED) is 0.570. The molecule has 0 fully saturated rings. The number of hydrogen-bond acceptors (Lipinski definition) is 2. The summed E-state index contributed by atoms with van der Waals surface area (Å²) >= 11 is 1.62. The minimum Gasteiger partial charge on any atom is -0.294 e. The number of carbonyl (C=O) groups is 1. The maximum Gasteiger partial charge on any atom is 0.168 e. The number of Topliss-reactive ketones (excluding diaryl/α,β-unsaturated/α-hetero) is 1. The van der Waals surface area contributed by atoms with Crippen molar-refractivity contribution in [3.05, 3.63) is 65.2 Å². The van der Waals surface area contributed by atoms with Crippen molar-refractivity contribution in [3.8, 4) is 0 Å². The standard InChI is InChI=1S/C18H20OS/c1-13(2)15-10-8-14(9-11-15)12-17(19)16-6-4-5-7-18(16)20-3/h4-11,13H,12H2,1-3H3. The Kier molecular flexibility index (Phi) is 5.02. The van der Waals surface area contributed by atoms with Crippen molar-refractivity contribution < 1.29 is 4.79 Å². The Labute approximate surface area is 125 Å². The summed E-state index contributed by atoms with van der Waals surface area (Å²) in [5.41, 5.74) is 3.22. The third-order valence-corrected chi connectivity index (χ3v) is 4.21. The first-order valence-electron chi connectivity index (χ1n) is 6.87. The summed E-state index contributed by atoms with van der Waals surface area (Å²) in [4.78, 5) is 13.5. The van der Waals surface area contributed by atoms with Crippen LogP contribution in [0.1, 0.15) is 41.3 Å². The Hall–Kier alpha value is -1.54. The lowest BCUT2D eigenvalue weighted by molar-refractivity contribution is 0.0990. The highest BCUT2D eigenvalue weighted by Gasteiger charge is 2.11. The minimum absolute atomic E-state index is 0.187. The summed E-state index contributed by atoms with van der Waals surface area (Å²) in [6.07, 6.45) is 2.47. The average molecular weight is 284 g/mol. The summed E-state index contributed by atoms with van der Waals surface area (Å²) in [7, 11) is 0. The largest absolute Gasteiger partial charge is 0.294 e. The maximum absolute atomic E-state index is 12.4. The zero-order valence-corrected chi connectivity index (χ0v) is 13.0. The SMILES string of the molecule is CSc1ccccc1C(=O)Cc1ccc(C(C)C)cc1. The van der Waals surface area contributed by atoms with Crippen LogP contribution in [-0.4, -0.2) is 12.0 Å². The predicted octanol–water partition coefficient (Wildman–Crippen LogP) is 4.96. The van der Waals surface area contributed by atoms with Gasteiger partial charge in [0.25, 0.3) is 0 Å². The fraction of sp³-hybridized carbons (Fsp3) is 0.278. The van der Waals surface area contributed by atoms with E-state index in [0.717, 1.165) is 16.0 Å². The van der Waals surface area contributed by atoms with Crippen molar-refractivity contribution in [2.75, 3.05) is 6.26 Å². The molecule has 0 spiro atoms. The summed E-state index contributed by atoms with van der Waals surface area (Å²) in [6, 6.07) is 16.2. The zero-order chi connectivity index (χ0) is 14.5. The van der Waals surface area contributed by atoms with E-state index in [-0.39, 0.29) is 5.78 Å². The van der Waals surface area contributed by atoms with E-state index in [9.17, 15) is 4.79 Å². The Bertz CT molecular complexity index is 585. The van der Waals surface area contributed by atoms with E-state index < -0.39 is 0 Å². The molecule has 0 heterocycles. The van der Waals surface area contributed by atoms with Gasteiger partial charge in [0.2, 0.25) is 0 Å². The van der Waals surface area contributed by atoms with E-state index in [0.29, 0.717) is 12.3 Å². The van der Waals surface area contributed by atoms with Crippen LogP contribution in [0, 0.1) is 0 Å². The topological polar surface area (TPSA) is 17.1 Å². The van der Waals surface area contributed by atoms with Crippen molar-refractivity contribution in [1.29, 1.82) is 0 Å². The molecule has 2 aromatic carbocycles. The van der Waals surface area contributed by atoms with Crippen LogP contribution in [0.15, 0.2) is 53.4 Å². The molecule has 0 aliphatic rings. The zero-order valence-electron chi connectivity index (χ0n) is 12.2. The van der Waals surface area contributed by atoms with E-state index in [1.165, 1.54) is 5.56 Å². The van der Waals surface area contributed by atoms with Gasteiger partial charge in [0.05, 0.1) is 0 Å². The highest BCUT2D eigenvalue weighted by molar-refractivity contribution is 7.98. The number of rotatable bonds is 5. The molecule has 20 heavy (non-hydrogen) atoms. The second-order valence-corrected chi connectivity index (χ2v) is 6.04. The Morgan fingerprint density at radius 3 is 2.30 bits per heavy atom. The molecule has 2 aromatic rings. The van der Waals surface area contributed by atoms with Crippen LogP contribution >= 0.6 is 11.8 Å². The predicted molar refractivity (Wildman–Crippen MR) is 86.8 cm³/mol. The van der Waals surface area contributed by atoms with Crippen LogP contribution in [0.3, 0.4) is 0 Å². The van der Waals surface area contributed by atoms with E-state index in [1.807, 2.05) is 30.5 Å². The number of thioether (sulfide) groups is 1. The number of benzene rings is 2. The Balaban J connectivity index is 2.15. The van der Waals surface area contributed by atoms with Crippen LogP contribution in [0.4, 0.5) is 0 Å². The molecule has 104 valence electrons. The van der Waals surface area contributed by atoms with E-state index in [1.54, 1.807) is 11.8 Å². The maximum atomic E-state index is 12.4. The first kappa shape index (κ1) is 14.9. The summed E-state index contributed by atoms with van der Waals surface area (Å²) < 4.78 is 0. The van der Waals surface area contributed by atoms with Gasteiger partial charge in [0.1, 0.15) is 0 Å². The van der Waals surface area contributed by atoms with Gasteiger partial charge in [0.15, 0.2) is 5.78 Å². The number of carbonyl (C=O) groups excluding carboxylic acids is 1. The van der Waals surface area contributed by atoms with Crippen LogP contribution in [0.2, 0.25) is 0 Å². The molecule has 0 aliphatic carbocycles. The van der Waals surface area contributed by atoms with E-state index >= 15 is 0 Å². The van der Waals surface area contributed by atoms with Crippen molar-refractivity contribution >= 4 is 17.5 Å². The lowest BCUT2D eigenvalue weighted by atomic mass is 9.98. The van der Waals surface area contributed by atoms with Gasteiger partial charge < -0.3 is 0 Å². The second kappa shape index (κ2) is 6.76. The van der Waals surface area contributed by atoms with Crippen LogP contribution in [-0.2, 0) is 6.42 Å². The first-order chi connectivity index (χ1) is 9.61. The van der Waals surface area contributed by atoms with Gasteiger partial charge in [-0.25, -0.2) is 0 Å². The summed E-state index contributed by atoms with van der Waals surface area (Å²) in [5, 5.41) is 0. The lowest BCUT2D eigenvalue weighted by Gasteiger charge is -2.08. The van der Waals surface area contributed by atoms with Crippen molar-refractivity contribution in [1.82, 2.24) is 0 Å². The monoisotopic (exact) mass is 284 g/mol. The fourth-order valence-corrected chi connectivity index (χ4v) is 2.79. The molecule has 0 aliphatic heterocycles. The van der Waals surface area contributed by atoms with Crippen molar-refractivity contribution in [2.45, 2.75) is 31.1 Å². The fourth-order valence-electron chi connectivity index (χ4n) is 2.18.